The van der Waals surface area contributed by atoms with Crippen molar-refractivity contribution in [1.82, 2.24) is 24.6 Å². The molecule has 1 aromatic heterocycles. The van der Waals surface area contributed by atoms with E-state index in [9.17, 15) is 0 Å². The summed E-state index contributed by atoms with van der Waals surface area (Å²) in [4.78, 5) is 4.69. The highest BCUT2D eigenvalue weighted by Crippen LogP contribution is 2.27. The molecule has 1 saturated heterocycles. The normalized spacial score (nSPS) is 17.2. The lowest BCUT2D eigenvalue weighted by Crippen LogP contribution is -2.34. The monoisotopic (exact) mass is 305 g/mol. The molecule has 5 nitrogen and oxygen atoms in total. The van der Waals surface area contributed by atoms with Gasteiger partial charge in [0.2, 0.25) is 0 Å². The van der Waals surface area contributed by atoms with Crippen LogP contribution in [0.25, 0.3) is 0 Å². The van der Waals surface area contributed by atoms with Crippen molar-refractivity contribution in [3.8, 4) is 0 Å². The largest absolute Gasteiger partial charge is 0.314 e. The first-order valence-corrected chi connectivity index (χ1v) is 8.43. The number of hydrogen-bond acceptors (Lipinski definition) is 4. The molecule has 2 rings (SSSR count). The van der Waals surface area contributed by atoms with E-state index in [0.29, 0.717) is 5.92 Å². The molecule has 0 amide bonds. The Morgan fingerprint density at radius 1 is 1.23 bits per heavy atom. The zero-order valence-corrected chi connectivity index (χ0v) is 14.8. The van der Waals surface area contributed by atoms with E-state index >= 15 is 0 Å². The van der Waals surface area contributed by atoms with Gasteiger partial charge >= 0.3 is 0 Å². The van der Waals surface area contributed by atoms with Gasteiger partial charge in [0.1, 0.15) is 11.6 Å². The molecule has 5 heteroatoms. The lowest BCUT2D eigenvalue weighted by atomic mass is 9.96. The van der Waals surface area contributed by atoms with Gasteiger partial charge in [-0.3, -0.25) is 4.90 Å². The maximum atomic E-state index is 4.52. The van der Waals surface area contributed by atoms with Crippen molar-refractivity contribution >= 4 is 0 Å². The first kappa shape index (κ1) is 17.2. The number of piperidine rings is 1. The van der Waals surface area contributed by atoms with Crippen molar-refractivity contribution in [3.05, 3.63) is 23.3 Å². The summed E-state index contributed by atoms with van der Waals surface area (Å²) in [5.41, 5.74) is 1.40. The van der Waals surface area contributed by atoms with Crippen LogP contribution in [0.2, 0.25) is 0 Å². The number of hydrogen-bond donors (Lipinski definition) is 0. The third kappa shape index (κ3) is 4.40. The van der Waals surface area contributed by atoms with Gasteiger partial charge in [0, 0.05) is 19.0 Å². The minimum atomic E-state index is 0.561. The van der Waals surface area contributed by atoms with Crippen LogP contribution in [0.15, 0.2) is 11.6 Å². The van der Waals surface area contributed by atoms with Gasteiger partial charge < -0.3 is 9.47 Å². The van der Waals surface area contributed by atoms with E-state index in [1.807, 2.05) is 0 Å². The fraction of sp³-hybridized carbons (Fsp3) is 0.765. The smallest absolute Gasteiger partial charge is 0.147 e. The van der Waals surface area contributed by atoms with Crippen molar-refractivity contribution in [2.45, 2.75) is 52.6 Å². The molecule has 0 N–H and O–H groups in total. The lowest BCUT2D eigenvalue weighted by Gasteiger charge is -2.31. The predicted molar refractivity (Wildman–Crippen MR) is 90.9 cm³/mol. The second-order valence-corrected chi connectivity index (χ2v) is 6.81. The van der Waals surface area contributed by atoms with Crippen LogP contribution < -0.4 is 0 Å². The summed E-state index contributed by atoms with van der Waals surface area (Å²) in [5.74, 6) is 2.85. The Balaban J connectivity index is 1.99. The van der Waals surface area contributed by atoms with Gasteiger partial charge in [0.25, 0.3) is 0 Å². The standard InChI is InChI=1S/C17H31N5/c1-6-22-16(13-20(4)5)18-19-17(22)15-8-11-21(12-9-15)10-7-14(2)3/h7,15H,6,8-13H2,1-5H3. The minimum absolute atomic E-state index is 0.561. The summed E-state index contributed by atoms with van der Waals surface area (Å²) in [7, 11) is 4.16. The maximum absolute atomic E-state index is 4.52. The maximum Gasteiger partial charge on any atom is 0.147 e. The number of rotatable bonds is 6. The van der Waals surface area contributed by atoms with Crippen molar-refractivity contribution < 1.29 is 0 Å². The van der Waals surface area contributed by atoms with E-state index in [4.69, 9.17) is 0 Å². The second-order valence-electron chi connectivity index (χ2n) is 6.81. The molecule has 2 heterocycles. The zero-order valence-electron chi connectivity index (χ0n) is 14.8. The summed E-state index contributed by atoms with van der Waals surface area (Å²) in [6.45, 7) is 11.8. The van der Waals surface area contributed by atoms with Gasteiger partial charge in [-0.15, -0.1) is 10.2 Å². The van der Waals surface area contributed by atoms with E-state index in [-0.39, 0.29) is 0 Å². The topological polar surface area (TPSA) is 37.2 Å². The number of likely N-dealkylation sites (tertiary alicyclic amines) is 1. The minimum Gasteiger partial charge on any atom is -0.314 e. The highest BCUT2D eigenvalue weighted by Gasteiger charge is 2.25. The highest BCUT2D eigenvalue weighted by molar-refractivity contribution is 5.05. The van der Waals surface area contributed by atoms with Crippen LogP contribution in [-0.4, -0.2) is 58.3 Å². The molecule has 22 heavy (non-hydrogen) atoms. The van der Waals surface area contributed by atoms with Crippen molar-refractivity contribution in [2.75, 3.05) is 33.7 Å². The first-order chi connectivity index (χ1) is 10.5. The van der Waals surface area contributed by atoms with Crippen LogP contribution in [0.4, 0.5) is 0 Å². The Kier molecular flexibility index (Phi) is 6.15. The molecule has 0 saturated carbocycles. The zero-order chi connectivity index (χ0) is 16.1. The van der Waals surface area contributed by atoms with Gasteiger partial charge in [0.15, 0.2) is 0 Å². The Labute approximate surface area is 135 Å². The summed E-state index contributed by atoms with van der Waals surface area (Å²) in [5, 5.41) is 8.95. The van der Waals surface area contributed by atoms with Gasteiger partial charge in [-0.2, -0.15) is 0 Å². The third-order valence-corrected chi connectivity index (χ3v) is 4.34. The molecule has 0 unspecified atom stereocenters. The van der Waals surface area contributed by atoms with Crippen LogP contribution >= 0.6 is 0 Å². The van der Waals surface area contributed by atoms with E-state index < -0.39 is 0 Å². The van der Waals surface area contributed by atoms with Crippen LogP contribution in [-0.2, 0) is 13.1 Å². The molecule has 0 bridgehead atoms. The van der Waals surface area contributed by atoms with Gasteiger partial charge in [0.05, 0.1) is 6.54 Å². The number of aromatic nitrogens is 3. The molecule has 0 radical (unpaired) electrons. The van der Waals surface area contributed by atoms with E-state index in [1.165, 1.54) is 24.2 Å². The van der Waals surface area contributed by atoms with Crippen molar-refractivity contribution in [3.63, 3.8) is 0 Å². The number of nitrogens with zero attached hydrogens (tertiary/aromatic N) is 5. The molecule has 1 aromatic rings. The van der Waals surface area contributed by atoms with E-state index in [2.05, 4.69) is 65.5 Å². The Bertz CT molecular complexity index is 491. The van der Waals surface area contributed by atoms with E-state index in [0.717, 1.165) is 38.5 Å². The molecule has 0 spiro atoms. The lowest BCUT2D eigenvalue weighted by molar-refractivity contribution is 0.226. The van der Waals surface area contributed by atoms with Gasteiger partial charge in [-0.25, -0.2) is 0 Å². The molecule has 1 aliphatic heterocycles. The Morgan fingerprint density at radius 3 is 2.45 bits per heavy atom. The van der Waals surface area contributed by atoms with Crippen LogP contribution in [0.1, 0.15) is 51.2 Å². The van der Waals surface area contributed by atoms with Gasteiger partial charge in [-0.05, 0) is 60.8 Å². The van der Waals surface area contributed by atoms with Crippen molar-refractivity contribution in [2.24, 2.45) is 0 Å². The third-order valence-electron chi connectivity index (χ3n) is 4.34. The van der Waals surface area contributed by atoms with Crippen LogP contribution in [0.3, 0.4) is 0 Å². The molecule has 0 aromatic carbocycles. The second kappa shape index (κ2) is 7.88. The Morgan fingerprint density at radius 2 is 1.91 bits per heavy atom. The molecule has 0 atom stereocenters. The SMILES string of the molecule is CCn1c(CN(C)C)nnc1C1CCN(CC=C(C)C)CC1. The molecule has 124 valence electrons. The van der Waals surface area contributed by atoms with E-state index in [1.54, 1.807) is 0 Å². The Hall–Kier alpha value is -1.20. The average molecular weight is 305 g/mol. The molecule has 1 aliphatic rings. The molecular weight excluding hydrogens is 274 g/mol. The number of allylic oxidation sites excluding steroid dienone is 1. The van der Waals surface area contributed by atoms with Crippen molar-refractivity contribution in [1.29, 1.82) is 0 Å². The summed E-state index contributed by atoms with van der Waals surface area (Å²) >= 11 is 0. The fourth-order valence-electron chi connectivity index (χ4n) is 3.08. The highest BCUT2D eigenvalue weighted by atomic mass is 15.3. The molecule has 0 aliphatic carbocycles. The van der Waals surface area contributed by atoms with Crippen LogP contribution in [0.5, 0.6) is 0 Å². The summed E-state index contributed by atoms with van der Waals surface area (Å²) in [6, 6.07) is 0. The summed E-state index contributed by atoms with van der Waals surface area (Å²) in [6.07, 6.45) is 4.71. The molecule has 1 fully saturated rings. The fourth-order valence-corrected chi connectivity index (χ4v) is 3.08. The predicted octanol–water partition coefficient (Wildman–Crippen LogP) is 2.51. The summed E-state index contributed by atoms with van der Waals surface area (Å²) < 4.78 is 2.32. The quantitative estimate of drug-likeness (QED) is 0.757. The molecular formula is C17H31N5. The average Bonchev–Trinajstić information content (AvgIpc) is 2.87. The van der Waals surface area contributed by atoms with Crippen LogP contribution in [0, 0.1) is 0 Å². The van der Waals surface area contributed by atoms with Gasteiger partial charge in [-0.1, -0.05) is 11.6 Å². The first-order valence-electron chi connectivity index (χ1n) is 8.43.